The van der Waals surface area contributed by atoms with Crippen molar-refractivity contribution in [2.75, 3.05) is 39.0 Å². The number of benzene rings is 2. The molecular formula is C19H25N3O4S. The van der Waals surface area contributed by atoms with Crippen LogP contribution < -0.4 is 14.8 Å². The standard InChI is InChI=1S/C19H25N3O4S/c1-14-9-10-15(13-16(14)19(23)22(3)12-11-20-2)27(24,25)21-17-7-5-6-8-18(17)26-4/h5-10,13,20-21H,11-12H2,1-4H3. The molecule has 27 heavy (non-hydrogen) atoms. The number of nitrogens with one attached hydrogen (secondary N) is 2. The van der Waals surface area contributed by atoms with Crippen LogP contribution >= 0.6 is 0 Å². The van der Waals surface area contributed by atoms with Gasteiger partial charge in [-0.15, -0.1) is 0 Å². The smallest absolute Gasteiger partial charge is 0.262 e. The average Bonchev–Trinajstić information content (AvgIpc) is 2.65. The van der Waals surface area contributed by atoms with Gasteiger partial charge in [0.05, 0.1) is 17.7 Å². The minimum absolute atomic E-state index is 0.0179. The maximum absolute atomic E-state index is 12.8. The van der Waals surface area contributed by atoms with Crippen LogP contribution in [0.2, 0.25) is 0 Å². The van der Waals surface area contributed by atoms with Gasteiger partial charge in [0.25, 0.3) is 15.9 Å². The lowest BCUT2D eigenvalue weighted by atomic mass is 10.1. The molecule has 7 nitrogen and oxygen atoms in total. The molecule has 0 aliphatic carbocycles. The second-order valence-electron chi connectivity index (χ2n) is 6.11. The SMILES string of the molecule is CNCCN(C)C(=O)c1cc(S(=O)(=O)Nc2ccccc2OC)ccc1C. The Morgan fingerprint density at radius 3 is 2.56 bits per heavy atom. The maximum Gasteiger partial charge on any atom is 0.262 e. The zero-order chi connectivity index (χ0) is 20.0. The van der Waals surface area contributed by atoms with Gasteiger partial charge in [0.15, 0.2) is 0 Å². The first-order valence-electron chi connectivity index (χ1n) is 8.46. The lowest BCUT2D eigenvalue weighted by Gasteiger charge is -2.19. The van der Waals surface area contributed by atoms with Crippen molar-refractivity contribution in [1.29, 1.82) is 0 Å². The molecule has 0 radical (unpaired) electrons. The van der Waals surface area contributed by atoms with Crippen molar-refractivity contribution >= 4 is 21.6 Å². The van der Waals surface area contributed by atoms with Gasteiger partial charge in [-0.3, -0.25) is 9.52 Å². The Morgan fingerprint density at radius 2 is 1.89 bits per heavy atom. The van der Waals surface area contributed by atoms with Gasteiger partial charge in [0, 0.05) is 25.7 Å². The van der Waals surface area contributed by atoms with E-state index in [1.54, 1.807) is 56.3 Å². The van der Waals surface area contributed by atoms with Crippen LogP contribution in [0, 0.1) is 6.92 Å². The first kappa shape index (κ1) is 20.7. The fraction of sp³-hybridized carbons (Fsp3) is 0.316. The minimum Gasteiger partial charge on any atom is -0.495 e. The summed E-state index contributed by atoms with van der Waals surface area (Å²) in [7, 11) is 1.09. The maximum atomic E-state index is 12.8. The molecule has 0 spiro atoms. The van der Waals surface area contributed by atoms with Crippen LogP contribution in [0.1, 0.15) is 15.9 Å². The predicted molar refractivity (Wildman–Crippen MR) is 106 cm³/mol. The predicted octanol–water partition coefficient (Wildman–Crippen LogP) is 2.10. The van der Waals surface area contributed by atoms with E-state index in [0.29, 0.717) is 35.7 Å². The van der Waals surface area contributed by atoms with E-state index in [9.17, 15) is 13.2 Å². The van der Waals surface area contributed by atoms with E-state index in [1.165, 1.54) is 19.2 Å². The zero-order valence-electron chi connectivity index (χ0n) is 15.9. The number of nitrogens with zero attached hydrogens (tertiary/aromatic N) is 1. The minimum atomic E-state index is -3.87. The van der Waals surface area contributed by atoms with Gasteiger partial charge >= 0.3 is 0 Å². The summed E-state index contributed by atoms with van der Waals surface area (Å²) in [4.78, 5) is 14.2. The van der Waals surface area contributed by atoms with E-state index in [2.05, 4.69) is 10.0 Å². The molecule has 0 unspecified atom stereocenters. The highest BCUT2D eigenvalue weighted by Crippen LogP contribution is 2.27. The van der Waals surface area contributed by atoms with Crippen LogP contribution in [0.15, 0.2) is 47.4 Å². The Balaban J connectivity index is 2.34. The molecule has 0 saturated carbocycles. The number of rotatable bonds is 8. The number of anilines is 1. The Labute approximate surface area is 160 Å². The van der Waals surface area contributed by atoms with E-state index in [-0.39, 0.29) is 10.8 Å². The molecule has 0 aromatic heterocycles. The second-order valence-corrected chi connectivity index (χ2v) is 7.80. The topological polar surface area (TPSA) is 87.7 Å². The summed E-state index contributed by atoms with van der Waals surface area (Å²) in [5, 5.41) is 2.98. The molecule has 8 heteroatoms. The summed E-state index contributed by atoms with van der Waals surface area (Å²) in [6.45, 7) is 2.95. The van der Waals surface area contributed by atoms with Crippen molar-refractivity contribution < 1.29 is 17.9 Å². The molecular weight excluding hydrogens is 366 g/mol. The van der Waals surface area contributed by atoms with Gasteiger partial charge in [-0.1, -0.05) is 18.2 Å². The highest BCUT2D eigenvalue weighted by atomic mass is 32.2. The average molecular weight is 391 g/mol. The van der Waals surface area contributed by atoms with Gasteiger partial charge in [-0.05, 0) is 43.8 Å². The first-order chi connectivity index (χ1) is 12.8. The molecule has 0 bridgehead atoms. The van der Waals surface area contributed by atoms with Gasteiger partial charge in [0.2, 0.25) is 0 Å². The van der Waals surface area contributed by atoms with Crippen molar-refractivity contribution in [3.05, 3.63) is 53.6 Å². The Morgan fingerprint density at radius 1 is 1.19 bits per heavy atom. The molecule has 0 fully saturated rings. The summed E-state index contributed by atoms with van der Waals surface area (Å²) in [6, 6.07) is 11.3. The molecule has 0 atom stereocenters. The summed E-state index contributed by atoms with van der Waals surface area (Å²) >= 11 is 0. The highest BCUT2D eigenvalue weighted by molar-refractivity contribution is 7.92. The van der Waals surface area contributed by atoms with E-state index in [1.807, 2.05) is 0 Å². The van der Waals surface area contributed by atoms with Crippen LogP contribution in [0.5, 0.6) is 5.75 Å². The fourth-order valence-electron chi connectivity index (χ4n) is 2.52. The Hall–Kier alpha value is -2.58. The number of para-hydroxylation sites is 2. The van der Waals surface area contributed by atoms with E-state index >= 15 is 0 Å². The van der Waals surface area contributed by atoms with E-state index in [4.69, 9.17) is 4.74 Å². The van der Waals surface area contributed by atoms with Crippen LogP contribution in [0.4, 0.5) is 5.69 Å². The zero-order valence-corrected chi connectivity index (χ0v) is 16.8. The number of sulfonamides is 1. The van der Waals surface area contributed by atoms with Crippen molar-refractivity contribution in [3.63, 3.8) is 0 Å². The van der Waals surface area contributed by atoms with Crippen molar-refractivity contribution in [1.82, 2.24) is 10.2 Å². The number of hydrogen-bond acceptors (Lipinski definition) is 5. The van der Waals surface area contributed by atoms with Crippen LogP contribution in [0.25, 0.3) is 0 Å². The number of aryl methyl sites for hydroxylation is 1. The number of methoxy groups -OCH3 is 1. The van der Waals surface area contributed by atoms with Crippen LogP contribution in [0.3, 0.4) is 0 Å². The summed E-state index contributed by atoms with van der Waals surface area (Å²) in [6.07, 6.45) is 0. The van der Waals surface area contributed by atoms with Crippen molar-refractivity contribution in [2.24, 2.45) is 0 Å². The number of carbonyl (C=O) groups is 1. The number of hydrogen-bond donors (Lipinski definition) is 2. The van der Waals surface area contributed by atoms with E-state index < -0.39 is 10.0 Å². The van der Waals surface area contributed by atoms with Gasteiger partial charge in [0.1, 0.15) is 5.75 Å². The van der Waals surface area contributed by atoms with Crippen molar-refractivity contribution in [3.8, 4) is 5.75 Å². The van der Waals surface area contributed by atoms with Crippen molar-refractivity contribution in [2.45, 2.75) is 11.8 Å². The number of likely N-dealkylation sites (N-methyl/N-ethyl adjacent to an activating group) is 2. The third-order valence-electron chi connectivity index (χ3n) is 4.14. The monoisotopic (exact) mass is 391 g/mol. The fourth-order valence-corrected chi connectivity index (χ4v) is 3.61. The molecule has 2 aromatic carbocycles. The Kier molecular flexibility index (Phi) is 6.81. The number of carbonyl (C=O) groups excluding carboxylic acids is 1. The quantitative estimate of drug-likeness (QED) is 0.720. The third-order valence-corrected chi connectivity index (χ3v) is 5.51. The van der Waals surface area contributed by atoms with E-state index in [0.717, 1.165) is 0 Å². The second kappa shape index (κ2) is 8.88. The number of ether oxygens (including phenoxy) is 1. The van der Waals surface area contributed by atoms with Gasteiger partial charge in [-0.25, -0.2) is 8.42 Å². The summed E-state index contributed by atoms with van der Waals surface area (Å²) < 4.78 is 33.3. The summed E-state index contributed by atoms with van der Waals surface area (Å²) in [5.74, 6) is 0.188. The first-order valence-corrected chi connectivity index (χ1v) is 9.95. The molecule has 0 aliphatic rings. The third kappa shape index (κ3) is 4.99. The Bertz CT molecular complexity index is 913. The lowest BCUT2D eigenvalue weighted by molar-refractivity contribution is 0.0796. The molecule has 0 saturated heterocycles. The van der Waals surface area contributed by atoms with Gasteiger partial charge < -0.3 is 15.0 Å². The molecule has 2 N–H and O–H groups in total. The normalized spacial score (nSPS) is 11.1. The molecule has 2 rings (SSSR count). The lowest BCUT2D eigenvalue weighted by Crippen LogP contribution is -2.33. The van der Waals surface area contributed by atoms with Crippen LogP contribution in [-0.4, -0.2) is 53.5 Å². The molecule has 2 aromatic rings. The van der Waals surface area contributed by atoms with Crippen LogP contribution in [-0.2, 0) is 10.0 Å². The molecule has 0 aliphatic heterocycles. The molecule has 1 amide bonds. The van der Waals surface area contributed by atoms with Gasteiger partial charge in [-0.2, -0.15) is 0 Å². The highest BCUT2D eigenvalue weighted by Gasteiger charge is 2.21. The summed E-state index contributed by atoms with van der Waals surface area (Å²) in [5.41, 5.74) is 1.41. The number of amides is 1. The largest absolute Gasteiger partial charge is 0.495 e. The molecule has 0 heterocycles. The molecule has 146 valence electrons.